The zero-order chi connectivity index (χ0) is 28.2. The van der Waals surface area contributed by atoms with Crippen LogP contribution in [0.15, 0.2) is 97.1 Å². The lowest BCUT2D eigenvalue weighted by Gasteiger charge is -2.24. The number of ether oxygens (including phenoxy) is 1. The summed E-state index contributed by atoms with van der Waals surface area (Å²) in [6.07, 6.45) is -1.63. The second-order valence-corrected chi connectivity index (χ2v) is 9.41. The molecule has 5 rings (SSSR count). The number of halogens is 2. The van der Waals surface area contributed by atoms with Crippen molar-refractivity contribution in [2.45, 2.75) is 25.6 Å². The number of hydrogen-bond donors (Lipinski definition) is 2. The van der Waals surface area contributed by atoms with Gasteiger partial charge >= 0.3 is 6.09 Å². The first-order valence-electron chi connectivity index (χ1n) is 12.5. The highest BCUT2D eigenvalue weighted by molar-refractivity contribution is 6.04. The monoisotopic (exact) mass is 541 g/mol. The van der Waals surface area contributed by atoms with Gasteiger partial charge in [-0.05, 0) is 66.6 Å². The van der Waals surface area contributed by atoms with Crippen LogP contribution in [0.4, 0.5) is 25.0 Å². The minimum Gasteiger partial charge on any atom is -0.438 e. The van der Waals surface area contributed by atoms with Crippen molar-refractivity contribution in [3.63, 3.8) is 0 Å². The number of anilines is 2. The summed E-state index contributed by atoms with van der Waals surface area (Å²) in [5, 5.41) is 5.38. The molecule has 0 unspecified atom stereocenters. The summed E-state index contributed by atoms with van der Waals surface area (Å²) in [5.41, 5.74) is 3.05. The minimum atomic E-state index is -1.04. The molecule has 0 radical (unpaired) electrons. The molecule has 0 spiro atoms. The molecule has 0 saturated carbocycles. The van der Waals surface area contributed by atoms with Gasteiger partial charge in [0.05, 0.1) is 12.1 Å². The Morgan fingerprint density at radius 3 is 2.12 bits per heavy atom. The Morgan fingerprint density at radius 2 is 1.45 bits per heavy atom. The van der Waals surface area contributed by atoms with Crippen molar-refractivity contribution < 1.29 is 27.9 Å². The number of hydrogen-bond acceptors (Lipinski definition) is 4. The Morgan fingerprint density at radius 1 is 0.825 bits per heavy atom. The van der Waals surface area contributed by atoms with Gasteiger partial charge in [-0.25, -0.2) is 13.6 Å². The molecule has 40 heavy (non-hydrogen) atoms. The normalized spacial score (nSPS) is 16.4. The summed E-state index contributed by atoms with van der Waals surface area (Å²) in [6, 6.07) is 23.9. The van der Waals surface area contributed by atoms with Crippen LogP contribution in [0.5, 0.6) is 0 Å². The van der Waals surface area contributed by atoms with E-state index in [1.807, 2.05) is 31.2 Å². The van der Waals surface area contributed by atoms with Crippen molar-refractivity contribution in [1.82, 2.24) is 4.90 Å². The minimum absolute atomic E-state index is 0.0967. The lowest BCUT2D eigenvalue weighted by Crippen LogP contribution is -2.43. The van der Waals surface area contributed by atoms with Gasteiger partial charge in [-0.15, -0.1) is 0 Å². The summed E-state index contributed by atoms with van der Waals surface area (Å²) < 4.78 is 33.1. The van der Waals surface area contributed by atoms with E-state index >= 15 is 0 Å². The van der Waals surface area contributed by atoms with Gasteiger partial charge in [0, 0.05) is 11.4 Å². The molecule has 3 amide bonds. The molecule has 0 aliphatic carbocycles. The van der Waals surface area contributed by atoms with Crippen LogP contribution in [0, 0.1) is 18.6 Å². The predicted octanol–water partition coefficient (Wildman–Crippen LogP) is 6.23. The van der Waals surface area contributed by atoms with E-state index in [1.165, 1.54) is 47.4 Å². The number of carbonyl (C=O) groups is 3. The van der Waals surface area contributed by atoms with E-state index in [0.717, 1.165) is 11.1 Å². The summed E-state index contributed by atoms with van der Waals surface area (Å²) in [7, 11) is 0. The van der Waals surface area contributed by atoms with Gasteiger partial charge in [-0.3, -0.25) is 14.5 Å². The van der Waals surface area contributed by atoms with E-state index in [9.17, 15) is 23.2 Å². The molecule has 2 N–H and O–H groups in total. The number of cyclic esters (lactones) is 1. The van der Waals surface area contributed by atoms with Gasteiger partial charge in [-0.1, -0.05) is 54.1 Å². The van der Waals surface area contributed by atoms with Crippen LogP contribution in [0.2, 0.25) is 0 Å². The average molecular weight is 542 g/mol. The lowest BCUT2D eigenvalue weighted by atomic mass is 10.00. The van der Waals surface area contributed by atoms with Crippen molar-refractivity contribution in [3.8, 4) is 0 Å². The number of amides is 3. The van der Waals surface area contributed by atoms with E-state index in [1.54, 1.807) is 30.3 Å². The number of nitrogens with one attached hydrogen (secondary N) is 2. The van der Waals surface area contributed by atoms with Gasteiger partial charge in [0.2, 0.25) is 0 Å². The van der Waals surface area contributed by atoms with Crippen molar-refractivity contribution in [2.75, 3.05) is 10.6 Å². The zero-order valence-corrected chi connectivity index (χ0v) is 21.4. The molecule has 2 atom stereocenters. The third-order valence-corrected chi connectivity index (χ3v) is 6.55. The fourth-order valence-electron chi connectivity index (χ4n) is 4.45. The second kappa shape index (κ2) is 11.4. The highest BCUT2D eigenvalue weighted by Crippen LogP contribution is 2.35. The van der Waals surface area contributed by atoms with E-state index in [0.29, 0.717) is 16.9 Å². The molecule has 0 aromatic heterocycles. The van der Waals surface area contributed by atoms with Crippen LogP contribution in [0.25, 0.3) is 0 Å². The van der Waals surface area contributed by atoms with Crippen LogP contribution in [0.3, 0.4) is 0 Å². The lowest BCUT2D eigenvalue weighted by molar-refractivity contribution is -0.121. The van der Waals surface area contributed by atoms with E-state index < -0.39 is 41.7 Å². The Bertz CT molecular complexity index is 1540. The van der Waals surface area contributed by atoms with Crippen molar-refractivity contribution >= 4 is 29.3 Å². The first-order chi connectivity index (χ1) is 19.3. The second-order valence-electron chi connectivity index (χ2n) is 9.41. The van der Waals surface area contributed by atoms with Crippen LogP contribution in [-0.2, 0) is 16.1 Å². The standard InChI is InChI=1S/C31H25F2N3O4/c1-19-6-8-20(9-7-19)18-36-27(30(38)35-24-16-12-22(32)13-17-24)28(40-31(36)39)21-10-14-23(15-11-21)34-29(37)25-4-2-3-5-26(25)33/h2-17,27-28H,18H2,1H3,(H,34,37)(H,35,38)/t27-,28+/m0/s1. The van der Waals surface area contributed by atoms with E-state index in [-0.39, 0.29) is 12.1 Å². The third kappa shape index (κ3) is 5.83. The van der Waals surface area contributed by atoms with Gasteiger partial charge in [0.1, 0.15) is 11.6 Å². The molecule has 1 aliphatic heterocycles. The van der Waals surface area contributed by atoms with Crippen LogP contribution < -0.4 is 10.6 Å². The van der Waals surface area contributed by atoms with Crippen LogP contribution in [-0.4, -0.2) is 28.8 Å². The SMILES string of the molecule is Cc1ccc(CN2C(=O)O[C@H](c3ccc(NC(=O)c4ccccc4F)cc3)[C@H]2C(=O)Nc2ccc(F)cc2)cc1. The molecule has 202 valence electrons. The first-order valence-corrected chi connectivity index (χ1v) is 12.5. The summed E-state index contributed by atoms with van der Waals surface area (Å²) in [4.78, 5) is 40.4. The molecule has 1 heterocycles. The molecule has 1 aliphatic rings. The maximum atomic E-state index is 14.0. The van der Waals surface area contributed by atoms with E-state index in [4.69, 9.17) is 4.74 Å². The fraction of sp³-hybridized carbons (Fsp3) is 0.129. The number of nitrogens with zero attached hydrogens (tertiary/aromatic N) is 1. The summed E-state index contributed by atoms with van der Waals surface area (Å²) in [5.74, 6) is -2.21. The smallest absolute Gasteiger partial charge is 0.411 e. The Hall–Kier alpha value is -5.05. The number of aryl methyl sites for hydroxylation is 1. The maximum Gasteiger partial charge on any atom is 0.411 e. The van der Waals surface area contributed by atoms with Crippen molar-refractivity contribution in [3.05, 3.63) is 131 Å². The quantitative estimate of drug-likeness (QED) is 0.291. The van der Waals surface area contributed by atoms with Gasteiger partial charge in [0.25, 0.3) is 11.8 Å². The first kappa shape index (κ1) is 26.6. The zero-order valence-electron chi connectivity index (χ0n) is 21.4. The molecular weight excluding hydrogens is 516 g/mol. The van der Waals surface area contributed by atoms with Gasteiger partial charge < -0.3 is 15.4 Å². The molecule has 4 aromatic rings. The highest BCUT2D eigenvalue weighted by Gasteiger charge is 2.47. The molecule has 4 aromatic carbocycles. The number of benzene rings is 4. The Balaban J connectivity index is 1.39. The van der Waals surface area contributed by atoms with Crippen LogP contribution >= 0.6 is 0 Å². The van der Waals surface area contributed by atoms with Gasteiger partial charge in [0.15, 0.2) is 12.1 Å². The topological polar surface area (TPSA) is 87.7 Å². The van der Waals surface area contributed by atoms with Crippen molar-refractivity contribution in [2.24, 2.45) is 0 Å². The molecule has 1 fully saturated rings. The van der Waals surface area contributed by atoms with Crippen molar-refractivity contribution in [1.29, 1.82) is 0 Å². The van der Waals surface area contributed by atoms with Crippen LogP contribution in [0.1, 0.15) is 33.2 Å². The molecule has 7 nitrogen and oxygen atoms in total. The molecule has 9 heteroatoms. The fourth-order valence-corrected chi connectivity index (χ4v) is 4.45. The highest BCUT2D eigenvalue weighted by atomic mass is 19.1. The Labute approximate surface area is 229 Å². The summed E-state index contributed by atoms with van der Waals surface area (Å²) >= 11 is 0. The molecular formula is C31H25F2N3O4. The average Bonchev–Trinajstić information content (AvgIpc) is 3.27. The molecule has 1 saturated heterocycles. The third-order valence-electron chi connectivity index (χ3n) is 6.55. The largest absolute Gasteiger partial charge is 0.438 e. The number of rotatable bonds is 7. The maximum absolute atomic E-state index is 14.0. The molecule has 0 bridgehead atoms. The van der Waals surface area contributed by atoms with Gasteiger partial charge in [-0.2, -0.15) is 0 Å². The van der Waals surface area contributed by atoms with E-state index in [2.05, 4.69) is 10.6 Å². The summed E-state index contributed by atoms with van der Waals surface area (Å²) in [6.45, 7) is 2.08. The number of carbonyl (C=O) groups excluding carboxylic acids is 3. The Kier molecular flexibility index (Phi) is 7.54. The predicted molar refractivity (Wildman–Crippen MR) is 146 cm³/mol.